The van der Waals surface area contributed by atoms with Crippen molar-refractivity contribution in [3.8, 4) is 0 Å². The quantitative estimate of drug-likeness (QED) is 0.713. The maximum absolute atomic E-state index is 9.77. The molecule has 0 spiro atoms. The molecule has 0 fully saturated rings. The summed E-state index contributed by atoms with van der Waals surface area (Å²) in [4.78, 5) is 0. The second-order valence-electron chi connectivity index (χ2n) is 4.04. The van der Waals surface area contributed by atoms with Crippen LogP contribution in [0.5, 0.6) is 0 Å². The fourth-order valence-electron chi connectivity index (χ4n) is 1.60. The highest BCUT2D eigenvalue weighted by Crippen LogP contribution is 2.07. The van der Waals surface area contributed by atoms with Gasteiger partial charge in [-0.25, -0.2) is 0 Å². The summed E-state index contributed by atoms with van der Waals surface area (Å²) in [5.41, 5.74) is 2.13. The fraction of sp³-hybridized carbons (Fsp3) is 0.750. The Kier molecular flexibility index (Phi) is 5.49. The Balaban J connectivity index is 2.42. The van der Waals surface area contributed by atoms with Crippen molar-refractivity contribution in [3.63, 3.8) is 0 Å². The van der Waals surface area contributed by atoms with Gasteiger partial charge in [-0.1, -0.05) is 13.8 Å². The average molecular weight is 226 g/mol. The number of nitrogens with zero attached hydrogens (tertiary/aromatic N) is 2. The van der Waals surface area contributed by atoms with Crippen molar-refractivity contribution in [2.75, 3.05) is 13.2 Å². The van der Waals surface area contributed by atoms with Crippen LogP contribution in [0.2, 0.25) is 0 Å². The lowest BCUT2D eigenvalue weighted by molar-refractivity contribution is 0.0365. The first-order chi connectivity index (χ1) is 7.67. The molecule has 92 valence electrons. The maximum Gasteiger partial charge on any atom is 0.0828 e. The zero-order chi connectivity index (χ0) is 12.0. The molecule has 1 unspecified atom stereocenters. The molecule has 1 aromatic rings. The molecule has 16 heavy (non-hydrogen) atoms. The van der Waals surface area contributed by atoms with E-state index in [0.717, 1.165) is 24.2 Å². The molecule has 0 radical (unpaired) electrons. The molecule has 1 rings (SSSR count). The first-order valence-corrected chi connectivity index (χ1v) is 5.95. The molecule has 1 N–H and O–H groups in total. The average Bonchev–Trinajstić information content (AvgIpc) is 2.60. The minimum absolute atomic E-state index is 0.403. The van der Waals surface area contributed by atoms with Crippen LogP contribution >= 0.6 is 0 Å². The third-order valence-electron chi connectivity index (χ3n) is 2.49. The van der Waals surface area contributed by atoms with Gasteiger partial charge in [0.1, 0.15) is 0 Å². The lowest BCUT2D eigenvalue weighted by Crippen LogP contribution is -2.20. The van der Waals surface area contributed by atoms with Gasteiger partial charge in [0.25, 0.3) is 0 Å². The SMILES string of the molecule is CCCOCC(O)Cc1cc(CC)nn1C. The number of ether oxygens (including phenoxy) is 1. The van der Waals surface area contributed by atoms with Crippen LogP contribution < -0.4 is 0 Å². The number of hydrogen-bond acceptors (Lipinski definition) is 3. The molecular weight excluding hydrogens is 204 g/mol. The van der Waals surface area contributed by atoms with E-state index >= 15 is 0 Å². The van der Waals surface area contributed by atoms with Gasteiger partial charge in [0.2, 0.25) is 0 Å². The molecule has 1 heterocycles. The second-order valence-corrected chi connectivity index (χ2v) is 4.04. The molecule has 4 nitrogen and oxygen atoms in total. The molecular formula is C12H22N2O2. The zero-order valence-electron chi connectivity index (χ0n) is 10.4. The molecule has 0 aliphatic heterocycles. The highest BCUT2D eigenvalue weighted by atomic mass is 16.5. The van der Waals surface area contributed by atoms with Crippen LogP contribution in [0, 0.1) is 0 Å². The molecule has 0 aliphatic carbocycles. The third-order valence-corrected chi connectivity index (χ3v) is 2.49. The van der Waals surface area contributed by atoms with E-state index in [0.29, 0.717) is 19.6 Å². The van der Waals surface area contributed by atoms with E-state index in [1.807, 2.05) is 17.8 Å². The van der Waals surface area contributed by atoms with Crippen LogP contribution in [0.4, 0.5) is 0 Å². The summed E-state index contributed by atoms with van der Waals surface area (Å²) in [5, 5.41) is 14.1. The van der Waals surface area contributed by atoms with Crippen LogP contribution in [0.3, 0.4) is 0 Å². The summed E-state index contributed by atoms with van der Waals surface area (Å²) in [7, 11) is 1.91. The summed E-state index contributed by atoms with van der Waals surface area (Å²) >= 11 is 0. The van der Waals surface area contributed by atoms with Crippen molar-refractivity contribution in [1.29, 1.82) is 0 Å². The van der Waals surface area contributed by atoms with Gasteiger partial charge in [0.05, 0.1) is 18.4 Å². The van der Waals surface area contributed by atoms with E-state index in [1.165, 1.54) is 0 Å². The van der Waals surface area contributed by atoms with Gasteiger partial charge in [-0.3, -0.25) is 4.68 Å². The van der Waals surface area contributed by atoms with Crippen molar-refractivity contribution >= 4 is 0 Å². The minimum Gasteiger partial charge on any atom is -0.390 e. The minimum atomic E-state index is -0.438. The van der Waals surface area contributed by atoms with E-state index in [1.54, 1.807) is 0 Å². The van der Waals surface area contributed by atoms with Crippen LogP contribution in [-0.4, -0.2) is 34.2 Å². The van der Waals surface area contributed by atoms with E-state index in [9.17, 15) is 5.11 Å². The van der Waals surface area contributed by atoms with Gasteiger partial charge in [-0.15, -0.1) is 0 Å². The number of hydrogen-bond donors (Lipinski definition) is 1. The first-order valence-electron chi connectivity index (χ1n) is 5.95. The van der Waals surface area contributed by atoms with Crippen molar-refractivity contribution in [2.45, 2.75) is 39.2 Å². The van der Waals surface area contributed by atoms with Gasteiger partial charge < -0.3 is 9.84 Å². The second kappa shape index (κ2) is 6.66. The monoisotopic (exact) mass is 226 g/mol. The number of aliphatic hydroxyl groups is 1. The fourth-order valence-corrected chi connectivity index (χ4v) is 1.60. The predicted molar refractivity (Wildman–Crippen MR) is 63.4 cm³/mol. The molecule has 0 aliphatic rings. The van der Waals surface area contributed by atoms with Gasteiger partial charge in [0.15, 0.2) is 0 Å². The van der Waals surface area contributed by atoms with Gasteiger partial charge in [-0.2, -0.15) is 5.10 Å². The number of aromatic nitrogens is 2. The Labute approximate surface area is 97.2 Å². The molecule has 1 aromatic heterocycles. The molecule has 0 saturated carbocycles. The van der Waals surface area contributed by atoms with Gasteiger partial charge >= 0.3 is 0 Å². The molecule has 0 saturated heterocycles. The van der Waals surface area contributed by atoms with E-state index in [4.69, 9.17) is 4.74 Å². The number of aryl methyl sites for hydroxylation is 2. The number of aliphatic hydroxyl groups excluding tert-OH is 1. The van der Waals surface area contributed by atoms with Crippen LogP contribution in [0.15, 0.2) is 6.07 Å². The highest BCUT2D eigenvalue weighted by molar-refractivity contribution is 5.11. The topological polar surface area (TPSA) is 47.3 Å². The summed E-state index contributed by atoms with van der Waals surface area (Å²) in [6, 6.07) is 2.04. The molecule has 4 heteroatoms. The molecule has 0 aromatic carbocycles. The summed E-state index contributed by atoms with van der Waals surface area (Å²) in [6.07, 6.45) is 2.08. The van der Waals surface area contributed by atoms with E-state index in [-0.39, 0.29) is 0 Å². The van der Waals surface area contributed by atoms with Crippen molar-refractivity contribution in [1.82, 2.24) is 9.78 Å². The smallest absolute Gasteiger partial charge is 0.0828 e. The molecule has 0 bridgehead atoms. The van der Waals surface area contributed by atoms with E-state index < -0.39 is 6.10 Å². The Morgan fingerprint density at radius 3 is 2.81 bits per heavy atom. The third kappa shape index (κ3) is 3.94. The first kappa shape index (κ1) is 13.2. The van der Waals surface area contributed by atoms with Crippen molar-refractivity contribution in [2.24, 2.45) is 7.05 Å². The largest absolute Gasteiger partial charge is 0.390 e. The Morgan fingerprint density at radius 2 is 2.25 bits per heavy atom. The summed E-state index contributed by atoms with van der Waals surface area (Å²) < 4.78 is 7.15. The Bertz CT molecular complexity index is 310. The summed E-state index contributed by atoms with van der Waals surface area (Å²) in [5.74, 6) is 0. The zero-order valence-corrected chi connectivity index (χ0v) is 10.4. The van der Waals surface area contributed by atoms with Crippen molar-refractivity contribution < 1.29 is 9.84 Å². The van der Waals surface area contributed by atoms with Crippen LogP contribution in [0.25, 0.3) is 0 Å². The van der Waals surface area contributed by atoms with Gasteiger partial charge in [-0.05, 0) is 18.9 Å². The van der Waals surface area contributed by atoms with Crippen molar-refractivity contribution in [3.05, 3.63) is 17.5 Å². The maximum atomic E-state index is 9.77. The standard InChI is InChI=1S/C12H22N2O2/c1-4-6-16-9-12(15)8-11-7-10(5-2)13-14(11)3/h7,12,15H,4-6,8-9H2,1-3H3. The predicted octanol–water partition coefficient (Wildman–Crippen LogP) is 1.31. The lowest BCUT2D eigenvalue weighted by Gasteiger charge is -2.10. The molecule has 1 atom stereocenters. The van der Waals surface area contributed by atoms with E-state index in [2.05, 4.69) is 18.9 Å². The Morgan fingerprint density at radius 1 is 1.50 bits per heavy atom. The Hall–Kier alpha value is -0.870. The normalized spacial score (nSPS) is 13.0. The lowest BCUT2D eigenvalue weighted by atomic mass is 10.2. The van der Waals surface area contributed by atoms with Crippen LogP contribution in [-0.2, 0) is 24.6 Å². The highest BCUT2D eigenvalue weighted by Gasteiger charge is 2.10. The van der Waals surface area contributed by atoms with Crippen LogP contribution in [0.1, 0.15) is 31.7 Å². The summed E-state index contributed by atoms with van der Waals surface area (Å²) in [6.45, 7) is 5.25. The number of rotatable bonds is 7. The molecule has 0 amide bonds. The van der Waals surface area contributed by atoms with Gasteiger partial charge in [0, 0.05) is 25.8 Å².